The van der Waals surface area contributed by atoms with Crippen molar-refractivity contribution in [1.29, 1.82) is 0 Å². The lowest BCUT2D eigenvalue weighted by Gasteiger charge is -2.41. The van der Waals surface area contributed by atoms with Gasteiger partial charge >= 0.3 is 0 Å². The average Bonchev–Trinajstić information content (AvgIpc) is 0.695. The minimum absolute atomic E-state index is 0.0579. The van der Waals surface area contributed by atoms with E-state index in [0.29, 0.717) is 53.6 Å². The molecule has 0 amide bonds. The van der Waals surface area contributed by atoms with Crippen molar-refractivity contribution in [3.8, 4) is 57.8 Å². The molecule has 0 saturated heterocycles. The van der Waals surface area contributed by atoms with Crippen molar-refractivity contribution in [2.45, 2.75) is 0 Å². The van der Waals surface area contributed by atoms with Crippen LogP contribution < -0.4 is 81.7 Å². The fourth-order valence-electron chi connectivity index (χ4n) is 18.0. The maximum Gasteiger partial charge on any atom is 0.279 e. The Morgan fingerprint density at radius 2 is 0.694 bits per heavy atom. The molecule has 3 N–H and O–H groups in total. The number of hydrogen-bond acceptors (Lipinski definition) is 15. The molecule has 15 nitrogen and oxygen atoms in total. The number of para-hydroxylation sites is 12. The Balaban J connectivity index is 0.000000122. The van der Waals surface area contributed by atoms with Crippen LogP contribution in [0.15, 0.2) is 508 Å². The predicted octanol–water partition coefficient (Wildman–Crippen LogP) is 32.8. The van der Waals surface area contributed by atoms with Gasteiger partial charge < -0.3 is 59.0 Å². The van der Waals surface area contributed by atoms with Gasteiger partial charge in [-0.3, -0.25) is 0 Å². The van der Waals surface area contributed by atoms with Crippen LogP contribution in [-0.4, -0.2) is 38.6 Å². The maximum atomic E-state index is 9.88. The summed E-state index contributed by atoms with van der Waals surface area (Å²) >= 11 is 33.5. The topological polar surface area (TPSA) is 144 Å². The minimum atomic E-state index is -0.107. The Kier molecular flexibility index (Phi) is 31.2. The van der Waals surface area contributed by atoms with Crippen LogP contribution in [0.1, 0.15) is 0 Å². The van der Waals surface area contributed by atoms with Gasteiger partial charge in [0.1, 0.15) is 64.8 Å². The van der Waals surface area contributed by atoms with Crippen LogP contribution in [0, 0.1) is 7.27 Å². The lowest BCUT2D eigenvalue weighted by molar-refractivity contribution is 0.451. The molecule has 0 bridgehead atoms. The normalized spacial score (nSPS) is 11.5. The summed E-state index contributed by atoms with van der Waals surface area (Å²) in [5.74, 6) is 5.14. The lowest BCUT2D eigenvalue weighted by Crippen LogP contribution is -2.63. The van der Waals surface area contributed by atoms with Crippen LogP contribution in [0.25, 0.3) is 0 Å². The van der Waals surface area contributed by atoms with Crippen LogP contribution in [0.3, 0.4) is 0 Å². The van der Waals surface area contributed by atoms with Gasteiger partial charge in [-0.1, -0.05) is 301 Å². The van der Waals surface area contributed by atoms with Crippen molar-refractivity contribution < 1.29 is 29.2 Å². The van der Waals surface area contributed by atoms with Crippen LogP contribution in [0.5, 0.6) is 57.8 Å². The van der Waals surface area contributed by atoms with E-state index in [1.165, 1.54) is 20.6 Å². The summed E-state index contributed by atoms with van der Waals surface area (Å²) in [5.41, 5.74) is 23.7. The average molecular weight is 2280 g/mol. The van der Waals surface area contributed by atoms with Gasteiger partial charge in [0, 0.05) is 99.9 Å². The van der Waals surface area contributed by atoms with Crippen LogP contribution in [0.4, 0.5) is 96.7 Å². The molecule has 0 fully saturated rings. The third kappa shape index (κ3) is 22.3. The Morgan fingerprint density at radius 3 is 1.12 bits per heavy atom. The van der Waals surface area contributed by atoms with Crippen molar-refractivity contribution in [2.24, 2.45) is 0 Å². The summed E-state index contributed by atoms with van der Waals surface area (Å²) in [7, 11) is 0. The van der Waals surface area contributed by atoms with Gasteiger partial charge in [-0.25, -0.2) is 15.0 Å². The van der Waals surface area contributed by atoms with E-state index < -0.39 is 0 Å². The van der Waals surface area contributed by atoms with Crippen molar-refractivity contribution in [1.82, 2.24) is 15.0 Å². The molecule has 0 unspecified atom stereocenters. The van der Waals surface area contributed by atoms with E-state index in [1.807, 2.05) is 308 Å². The first-order chi connectivity index (χ1) is 72.2. The molecule has 0 radical (unpaired) electrons. The number of benzene rings is 18. The molecule has 4 aliphatic rings. The number of ether oxygens (including phenoxy) is 4. The Morgan fingerprint density at radius 1 is 0.320 bits per heavy atom. The molecule has 714 valence electrons. The maximum absolute atomic E-state index is 9.88. The van der Waals surface area contributed by atoms with Crippen molar-refractivity contribution in [3.05, 3.63) is 536 Å². The van der Waals surface area contributed by atoms with Gasteiger partial charge in [0.25, 0.3) is 13.4 Å². The molecule has 0 saturated carbocycles. The van der Waals surface area contributed by atoms with Gasteiger partial charge in [0.2, 0.25) is 11.8 Å². The first-order valence-electron chi connectivity index (χ1n) is 47.1. The SMILES string of the molecule is Clc1c(Oc2ccc(Oc3cccc(N(c4ccccc4)c4ccccc4)c3Cl)nc2)cccc1N(c1ccccc1)c1ccccc1.Ic1ccc(I)nc1.Oc1cccc(Br)c1Cl.Oc1cccc(N(c2ccccc2)c2ccccc2)c1Cl.c1ccc(N2c3ccccc3B3c4cc5c(nc4Oc4cccc2c43)B2c3ccccc3N(c3ccccc3)c3cccc(c32)O5)cc1.c1ccc(Nc2ccccc2)cc1. The zero-order valence-corrected chi connectivity index (χ0v) is 87.3. The number of halogens is 7. The van der Waals surface area contributed by atoms with E-state index in [4.69, 9.17) is 75.4 Å². The van der Waals surface area contributed by atoms with E-state index in [9.17, 15) is 5.11 Å². The lowest BCUT2D eigenvalue weighted by atomic mass is 9.33. The minimum Gasteiger partial charge on any atom is -0.506 e. The third-order valence-corrected chi connectivity index (χ3v) is 28.1. The number of anilines is 17. The molecule has 25 rings (SSSR count). The van der Waals surface area contributed by atoms with Gasteiger partial charge in [-0.2, -0.15) is 0 Å². The van der Waals surface area contributed by atoms with Crippen LogP contribution >= 0.6 is 108 Å². The second-order valence-electron chi connectivity index (χ2n) is 33.7. The van der Waals surface area contributed by atoms with Crippen LogP contribution in [-0.2, 0) is 0 Å². The highest BCUT2D eigenvalue weighted by Crippen LogP contribution is 2.50. The smallest absolute Gasteiger partial charge is 0.279 e. The standard InChI is InChI=1S/C41H25B2N3O2.C41H29Cl2N3O2.C18H14ClNO.C12H11N.C6H4BrClO.C5H3I2N/c1-3-13-26(14-4-1)45-31-19-9-7-17-28(31)42-30-25-37-40(44-41(30)48-36-24-12-21-33(45)38(36)42)43-29-18-8-10-20-32(29)46(27-15-5-2-6-16-27)34-22-11-23-35(47-37)39(34)43;42-40-35(45(30-15-5-1-6-16-30)31-17-7-2-8-18-31)23-13-25-37(40)47-34-27-28-39(44-29-34)48-38-26-14-24-36(41(38)43)46(32-19-9-3-10-20-32)33-21-11-4-12-22-33;19-18-16(12-7-13-17(18)21)20(14-8-3-1-4-9-14)15-10-5-2-6-11-15;1-3-7-11(8-4-1)13-12-9-5-2-6-10-12;7-4-2-1-3-5(9)6(4)8;6-4-1-2-5(7)8-3-4/h1-25H;1-29H;1-13,21H;1-10,13H;1-3,9H;1-3H. The first kappa shape index (κ1) is 98.6. The number of aromatic nitrogens is 3. The number of nitrogens with one attached hydrogen (secondary N) is 1. The van der Waals surface area contributed by atoms with E-state index >= 15 is 0 Å². The van der Waals surface area contributed by atoms with Crippen LogP contribution in [0.2, 0.25) is 20.1 Å². The summed E-state index contributed by atoms with van der Waals surface area (Å²) in [5, 5.41) is 23.7. The Hall–Kier alpha value is -15.8. The van der Waals surface area contributed by atoms with Crippen molar-refractivity contribution in [3.63, 3.8) is 0 Å². The second kappa shape index (κ2) is 46.5. The van der Waals surface area contributed by atoms with Gasteiger partial charge in [0.15, 0.2) is 0 Å². The largest absolute Gasteiger partial charge is 0.506 e. The van der Waals surface area contributed by atoms with E-state index in [1.54, 1.807) is 42.6 Å². The molecule has 4 aliphatic heterocycles. The molecule has 18 aromatic carbocycles. The fraction of sp³-hybridized carbons (Fsp3) is 0. The zero-order valence-electron chi connectivity index (χ0n) is 78.3. The third-order valence-electron chi connectivity index (χ3n) is 24.4. The van der Waals surface area contributed by atoms with Crippen molar-refractivity contribution in [2.75, 3.05) is 29.8 Å². The molecule has 24 heteroatoms. The molecule has 0 aliphatic carbocycles. The van der Waals surface area contributed by atoms with Crippen molar-refractivity contribution >= 4 is 251 Å². The zero-order chi connectivity index (χ0) is 100. The highest BCUT2D eigenvalue weighted by Gasteiger charge is 2.47. The Bertz CT molecular complexity index is 7600. The summed E-state index contributed by atoms with van der Waals surface area (Å²) in [6.45, 7) is -0.164. The summed E-state index contributed by atoms with van der Waals surface area (Å²) in [4.78, 5) is 24.9. The molecule has 3 aromatic heterocycles. The number of pyridine rings is 3. The molecule has 21 aromatic rings. The van der Waals surface area contributed by atoms with E-state index in [0.717, 1.165) is 140 Å². The highest BCUT2D eigenvalue weighted by molar-refractivity contribution is 14.1. The Labute approximate surface area is 909 Å². The summed E-state index contributed by atoms with van der Waals surface area (Å²) in [6.07, 6.45) is 3.45. The number of aromatic hydroxyl groups is 2. The number of hydrogen-bond donors (Lipinski definition) is 3. The summed E-state index contributed by atoms with van der Waals surface area (Å²) in [6, 6.07) is 163. The first-order valence-corrected chi connectivity index (χ1v) is 51.6. The monoisotopic (exact) mass is 2280 g/mol. The van der Waals surface area contributed by atoms with E-state index in [2.05, 4.69) is 248 Å². The molecule has 147 heavy (non-hydrogen) atoms. The quantitative estimate of drug-likeness (QED) is 0.0451. The molecule has 0 atom stereocenters. The molecule has 0 spiro atoms. The molecular weight excluding hydrogens is 2200 g/mol. The van der Waals surface area contributed by atoms with Gasteiger partial charge in [0.05, 0.1) is 33.9 Å². The molecular formula is C123H86B2BrCl4I2N9O6. The van der Waals surface area contributed by atoms with Gasteiger partial charge in [-0.15, -0.1) is 0 Å². The second-order valence-corrected chi connectivity index (χ2v) is 38.5. The number of phenolic OH excluding ortho intramolecular Hbond substituents is 2. The van der Waals surface area contributed by atoms with Gasteiger partial charge in [-0.05, 0) is 319 Å². The highest BCUT2D eigenvalue weighted by atomic mass is 127. The predicted molar refractivity (Wildman–Crippen MR) is 627 cm³/mol. The van der Waals surface area contributed by atoms with E-state index in [-0.39, 0.29) is 24.9 Å². The number of nitrogens with zero attached hydrogens (tertiary/aromatic N) is 8. The summed E-state index contributed by atoms with van der Waals surface area (Å²) < 4.78 is 29.0. The fourth-order valence-corrected chi connectivity index (χ4v) is 19.8. The number of fused-ring (bicyclic) bond motifs is 8. The number of phenols is 2. The number of rotatable bonds is 17. The molecule has 7 heterocycles.